The van der Waals surface area contributed by atoms with Crippen LogP contribution in [0.1, 0.15) is 67.7 Å². The number of fused-ring (bicyclic) bond motifs is 1. The number of phenolic OH excluding ortho intramolecular Hbond substituents is 2. The number of hydrogen-bond acceptors (Lipinski definition) is 19. The summed E-state index contributed by atoms with van der Waals surface area (Å²) in [6, 6.07) is 11.6. The number of carbonyl (C=O) groups is 10. The first-order valence-electron chi connectivity index (χ1n) is 28.1. The van der Waals surface area contributed by atoms with E-state index in [1.165, 1.54) is 79.7 Å². The van der Waals surface area contributed by atoms with Gasteiger partial charge < -0.3 is 74.4 Å². The van der Waals surface area contributed by atoms with Crippen molar-refractivity contribution in [3.05, 3.63) is 129 Å². The molecule has 91 heavy (non-hydrogen) atoms. The summed E-state index contributed by atoms with van der Waals surface area (Å²) in [6.45, 7) is 2.56. The van der Waals surface area contributed by atoms with Crippen LogP contribution in [0.25, 0.3) is 0 Å². The average Bonchev–Trinajstić information content (AvgIpc) is 1.82. The molecule has 0 saturated carbocycles. The third-order valence-corrected chi connectivity index (χ3v) is 16.3. The van der Waals surface area contributed by atoms with Crippen LogP contribution in [0.4, 0.5) is 24.5 Å². The molecule has 1 fully saturated rings. The Hall–Kier alpha value is -9.34. The molecule has 2 aliphatic heterocycles. The zero-order valence-electron chi connectivity index (χ0n) is 48.8. The van der Waals surface area contributed by atoms with E-state index in [0.29, 0.717) is 28.8 Å². The maximum Gasteiger partial charge on any atom is 0.490 e. The number of aliphatic hydroxyl groups excluding tert-OH is 1. The number of aliphatic hydroxyl groups is 1. The molecule has 4 aromatic rings. The number of carboxylic acids is 1. The number of alkyl halides is 3. The zero-order valence-corrected chi connectivity index (χ0v) is 50.5. The van der Waals surface area contributed by atoms with Crippen molar-refractivity contribution in [2.75, 3.05) is 18.1 Å². The van der Waals surface area contributed by atoms with Crippen LogP contribution in [0.15, 0.2) is 102 Å². The highest BCUT2D eigenvalue weighted by Gasteiger charge is 2.39. The van der Waals surface area contributed by atoms with E-state index in [9.17, 15) is 81.8 Å². The quantitative estimate of drug-likeness (QED) is 0.0252. The van der Waals surface area contributed by atoms with Gasteiger partial charge in [0.2, 0.25) is 53.2 Å². The van der Waals surface area contributed by atoms with Crippen molar-refractivity contribution < 1.29 is 86.5 Å². The Morgan fingerprint density at radius 3 is 1.84 bits per heavy atom. The number of nitro benzene ring substituents is 1. The number of aliphatic imine (C=N–C) groups is 1. The number of rotatable bonds is 20. The maximum atomic E-state index is 14.9. The summed E-state index contributed by atoms with van der Waals surface area (Å²) in [5, 5.41) is 70.6. The van der Waals surface area contributed by atoms with Gasteiger partial charge in [0.15, 0.2) is 0 Å². The van der Waals surface area contributed by atoms with Gasteiger partial charge in [0.25, 0.3) is 5.69 Å². The van der Waals surface area contributed by atoms with Crippen molar-refractivity contribution in [2.45, 2.75) is 125 Å². The number of carbonyl (C=O) groups excluding carboxylic acids is 9. The molecule has 1 saturated heterocycles. The fourth-order valence-corrected chi connectivity index (χ4v) is 11.4. The highest BCUT2D eigenvalue weighted by atomic mass is 33.1. The van der Waals surface area contributed by atoms with Crippen LogP contribution < -0.4 is 54.0 Å². The first-order chi connectivity index (χ1) is 43.0. The molecule has 0 aromatic heterocycles. The van der Waals surface area contributed by atoms with E-state index >= 15 is 0 Å². The number of benzene rings is 4. The molecule has 28 nitrogen and oxygen atoms in total. The number of amides is 9. The Morgan fingerprint density at radius 2 is 1.26 bits per heavy atom. The summed E-state index contributed by atoms with van der Waals surface area (Å²) in [5.41, 5.74) is 14.0. The Morgan fingerprint density at radius 1 is 0.725 bits per heavy atom. The summed E-state index contributed by atoms with van der Waals surface area (Å²) < 4.78 is 31.7. The molecule has 0 bridgehead atoms. The van der Waals surface area contributed by atoms with E-state index < -0.39 is 131 Å². The van der Waals surface area contributed by atoms with E-state index in [1.807, 2.05) is 0 Å². The molecule has 4 aromatic carbocycles. The van der Waals surface area contributed by atoms with Gasteiger partial charge in [0.05, 0.1) is 16.7 Å². The molecule has 2 heterocycles. The van der Waals surface area contributed by atoms with E-state index in [2.05, 4.69) is 47.5 Å². The lowest BCUT2D eigenvalue weighted by Gasteiger charge is -2.29. The van der Waals surface area contributed by atoms with Gasteiger partial charge in [0.1, 0.15) is 59.8 Å². The van der Waals surface area contributed by atoms with Gasteiger partial charge in [-0.05, 0) is 91.7 Å². The Labute approximate surface area is 526 Å². The monoisotopic (exact) mass is 1310 g/mol. The van der Waals surface area contributed by atoms with Gasteiger partial charge >= 0.3 is 12.1 Å². The smallest absolute Gasteiger partial charge is 0.490 e. The molecule has 2 aliphatic rings. The molecule has 9 amide bonds. The van der Waals surface area contributed by atoms with E-state index in [1.54, 1.807) is 30.5 Å². The molecular formula is C58H69F3N12O16S2. The van der Waals surface area contributed by atoms with Crippen LogP contribution in [-0.2, 0) is 67.2 Å². The lowest BCUT2D eigenvalue weighted by atomic mass is 9.93. The second kappa shape index (κ2) is 34.6. The predicted molar refractivity (Wildman–Crippen MR) is 326 cm³/mol. The number of nitro groups is 1. The number of aliphatic carboxylic acids is 1. The number of carboxylic acid groups (broad SMARTS) is 1. The van der Waals surface area contributed by atoms with Crippen LogP contribution in [0.2, 0.25) is 0 Å². The maximum absolute atomic E-state index is 14.9. The number of non-ortho nitro benzene ring substituents is 1. The number of para-hydroxylation sites is 1. The van der Waals surface area contributed by atoms with Crippen molar-refractivity contribution >= 4 is 98.3 Å². The topological polar surface area (TPSA) is 455 Å². The number of nitrogens with zero attached hydrogens (tertiary/aromatic N) is 2. The number of nitrogens with one attached hydrogen (secondary N) is 8. The van der Waals surface area contributed by atoms with Crippen molar-refractivity contribution in [1.29, 1.82) is 0 Å². The second-order valence-electron chi connectivity index (χ2n) is 21.0. The molecular weight excluding hydrogens is 1240 g/mol. The lowest BCUT2D eigenvalue weighted by molar-refractivity contribution is -0.384. The molecule has 33 heteroatoms. The summed E-state index contributed by atoms with van der Waals surface area (Å²) in [7, 11) is 1.80. The van der Waals surface area contributed by atoms with Crippen molar-refractivity contribution in [2.24, 2.45) is 16.5 Å². The average molecular weight is 1310 g/mol. The number of halogens is 3. The highest BCUT2D eigenvalue weighted by Crippen LogP contribution is 2.34. The molecule has 0 spiro atoms. The lowest BCUT2D eigenvalue weighted by Crippen LogP contribution is -2.62. The van der Waals surface area contributed by atoms with E-state index in [4.69, 9.17) is 21.4 Å². The molecule has 16 N–H and O–H groups in total. The fourth-order valence-electron chi connectivity index (χ4n) is 9.10. The molecule has 10 atom stereocenters. The van der Waals surface area contributed by atoms with Crippen LogP contribution in [-0.4, -0.2) is 169 Å². The number of nitrogens with two attached hydrogens (primary N) is 2. The standard InChI is InChI=1S/C56H68N12O14S2.C2HF3O2/c1-30(69)48-56(80)66-47(54(78)62-42(49(58)73)23-33-12-18-37(71)19-13-33)29-84-83-28-46(65-51(75)43(60-31(2)70)24-32-10-16-36(17-11-32)68(81)82)55(79)63-44(25-34-14-20-38(72)21-15-34)52(76)64-45(26-35-27-59-40-8-4-3-7-39(35)40)53(77)61-41(50(74)67-48)9-5-6-22-57;3-2(4,5)1(6)7/h3-4,7-8,10-21,27,30,35,41-48,69,71-72H,5-6,9,22-26,28-29,57H2,1-2H3,(H2,58,73)(H,60,70)(H,61,77)(H,62,78)(H,63,79)(H,64,76)(H,65,75)(H,66,80)(H,67,74);(H,6,7). The fraction of sp³-hybridized carbons (Fsp3) is 0.397. The largest absolute Gasteiger partial charge is 0.508 e. The zero-order chi connectivity index (χ0) is 67.1. The molecule has 0 radical (unpaired) electrons. The Balaban J connectivity index is 0.00000202. The Bertz CT molecular complexity index is 3280. The first kappa shape index (κ1) is 72.4. The summed E-state index contributed by atoms with van der Waals surface area (Å²) in [4.78, 5) is 152. The highest BCUT2D eigenvalue weighted by molar-refractivity contribution is 8.76. The van der Waals surface area contributed by atoms with Crippen molar-refractivity contribution in [3.63, 3.8) is 0 Å². The van der Waals surface area contributed by atoms with E-state index in [0.717, 1.165) is 34.1 Å². The minimum atomic E-state index is -5.08. The SMILES string of the molecule is CC(=O)NC(Cc1ccc([N+](=O)[O-])cc1)C(=O)NC1CSSCC(C(=O)NC(Cc2ccc(O)cc2)C(N)=O)NC(=O)C(C(C)O)NC(=O)C(CCCCN)NC(=O)C(CC2C=Nc3ccccc32)NC(=O)C(Cc2ccc(O)cc2)NC1=O.O=C(O)C(F)(F)F. The molecule has 10 unspecified atom stereocenters. The third-order valence-electron chi connectivity index (χ3n) is 13.9. The third kappa shape index (κ3) is 23.2. The number of aromatic hydroxyl groups is 2. The van der Waals surface area contributed by atoms with Crippen molar-refractivity contribution in [1.82, 2.24) is 42.5 Å². The van der Waals surface area contributed by atoms with Crippen molar-refractivity contribution in [3.8, 4) is 11.5 Å². The van der Waals surface area contributed by atoms with Gasteiger partial charge in [-0.2, -0.15) is 13.2 Å². The van der Waals surface area contributed by atoms with E-state index in [-0.39, 0.29) is 73.8 Å². The molecule has 0 aliphatic carbocycles. The van der Waals surface area contributed by atoms with Gasteiger partial charge in [-0.3, -0.25) is 58.3 Å². The number of hydrogen-bond donors (Lipinski definition) is 14. The van der Waals surface area contributed by atoms with Gasteiger partial charge in [-0.25, -0.2) is 4.79 Å². The normalized spacial score (nSPS) is 21.0. The summed E-state index contributed by atoms with van der Waals surface area (Å²) in [5.74, 6) is -12.4. The summed E-state index contributed by atoms with van der Waals surface area (Å²) in [6.07, 6.45) is -5.22. The minimum absolute atomic E-state index is 0.0466. The predicted octanol–water partition coefficient (Wildman–Crippen LogP) is 0.845. The van der Waals surface area contributed by atoms with Crippen LogP contribution in [0.3, 0.4) is 0 Å². The number of phenols is 2. The molecule has 490 valence electrons. The van der Waals surface area contributed by atoms with Gasteiger partial charge in [-0.15, -0.1) is 0 Å². The summed E-state index contributed by atoms with van der Waals surface area (Å²) >= 11 is 0. The van der Waals surface area contributed by atoms with Crippen LogP contribution in [0, 0.1) is 10.1 Å². The van der Waals surface area contributed by atoms with Gasteiger partial charge in [-0.1, -0.05) is 76.2 Å². The van der Waals surface area contributed by atoms with Crippen LogP contribution in [0.5, 0.6) is 11.5 Å². The van der Waals surface area contributed by atoms with Gasteiger partial charge in [0, 0.05) is 62.0 Å². The van der Waals surface area contributed by atoms with Crippen LogP contribution >= 0.6 is 21.6 Å². The number of unbranched alkanes of at least 4 members (excludes halogenated alkanes) is 1. The first-order valence-corrected chi connectivity index (χ1v) is 30.6. The number of primary amides is 1. The molecule has 6 rings (SSSR count). The Kier molecular flexibility index (Phi) is 27.5. The second-order valence-corrected chi connectivity index (χ2v) is 23.5. The minimum Gasteiger partial charge on any atom is -0.508 e.